The number of benzene rings is 1. The second-order valence-corrected chi connectivity index (χ2v) is 6.52. The van der Waals surface area contributed by atoms with E-state index in [0.29, 0.717) is 18.8 Å². The summed E-state index contributed by atoms with van der Waals surface area (Å²) in [6.45, 7) is 5.25. The summed E-state index contributed by atoms with van der Waals surface area (Å²) < 4.78 is 13.6. The minimum atomic E-state index is -0.516. The third kappa shape index (κ3) is 3.01. The smallest absolute Gasteiger partial charge is 0.143 e. The first-order valence-corrected chi connectivity index (χ1v) is 8.30. The van der Waals surface area contributed by atoms with E-state index in [0.717, 1.165) is 16.0 Å². The number of fused-ring (bicyclic) bond motifs is 1. The van der Waals surface area contributed by atoms with Gasteiger partial charge in [-0.3, -0.25) is 0 Å². The van der Waals surface area contributed by atoms with E-state index >= 15 is 0 Å². The SMILES string of the molecule is Cc1sc2ncnc(NCCNc3cccc(F)c3C#N)c2c1C. The van der Waals surface area contributed by atoms with Crippen LogP contribution in [-0.4, -0.2) is 23.1 Å². The van der Waals surface area contributed by atoms with Gasteiger partial charge in [0.05, 0.1) is 11.1 Å². The largest absolute Gasteiger partial charge is 0.382 e. The molecule has 2 aromatic heterocycles. The number of thiophene rings is 1. The zero-order valence-corrected chi connectivity index (χ0v) is 14.2. The molecule has 7 heteroatoms. The highest BCUT2D eigenvalue weighted by Crippen LogP contribution is 2.32. The highest BCUT2D eigenvalue weighted by atomic mass is 32.1. The molecule has 2 heterocycles. The minimum absolute atomic E-state index is 0.0335. The van der Waals surface area contributed by atoms with E-state index in [4.69, 9.17) is 5.26 Å². The van der Waals surface area contributed by atoms with Gasteiger partial charge in [0, 0.05) is 18.0 Å². The lowest BCUT2D eigenvalue weighted by Gasteiger charge is -2.10. The van der Waals surface area contributed by atoms with Crippen molar-refractivity contribution in [2.24, 2.45) is 0 Å². The van der Waals surface area contributed by atoms with Crippen molar-refractivity contribution in [1.82, 2.24) is 9.97 Å². The first kappa shape index (κ1) is 16.1. The fraction of sp³-hybridized carbons (Fsp3) is 0.235. The van der Waals surface area contributed by atoms with Crippen LogP contribution in [0.2, 0.25) is 0 Å². The molecular weight excluding hydrogens is 325 g/mol. The van der Waals surface area contributed by atoms with Crippen molar-refractivity contribution < 1.29 is 4.39 Å². The van der Waals surface area contributed by atoms with Gasteiger partial charge in [-0.05, 0) is 31.5 Å². The van der Waals surface area contributed by atoms with Gasteiger partial charge in [0.2, 0.25) is 0 Å². The quantitative estimate of drug-likeness (QED) is 0.690. The van der Waals surface area contributed by atoms with Gasteiger partial charge in [-0.2, -0.15) is 5.26 Å². The number of nitrogens with zero attached hydrogens (tertiary/aromatic N) is 3. The molecule has 0 spiro atoms. The highest BCUT2D eigenvalue weighted by molar-refractivity contribution is 7.18. The van der Waals surface area contributed by atoms with Crippen LogP contribution in [-0.2, 0) is 0 Å². The molecule has 0 fully saturated rings. The third-order valence-electron chi connectivity index (χ3n) is 3.82. The number of aryl methyl sites for hydroxylation is 2. The Morgan fingerprint density at radius 2 is 2.00 bits per heavy atom. The molecule has 3 rings (SSSR count). The second kappa shape index (κ2) is 6.81. The molecule has 0 radical (unpaired) electrons. The van der Waals surface area contributed by atoms with Gasteiger partial charge < -0.3 is 10.6 Å². The van der Waals surface area contributed by atoms with Crippen LogP contribution in [0.1, 0.15) is 16.0 Å². The van der Waals surface area contributed by atoms with Gasteiger partial charge in [0.1, 0.15) is 34.4 Å². The monoisotopic (exact) mass is 341 g/mol. The summed E-state index contributed by atoms with van der Waals surface area (Å²) in [4.78, 5) is 10.8. The van der Waals surface area contributed by atoms with Gasteiger partial charge in [0.25, 0.3) is 0 Å². The Bertz CT molecular complexity index is 929. The van der Waals surface area contributed by atoms with Crippen LogP contribution in [0.3, 0.4) is 0 Å². The zero-order chi connectivity index (χ0) is 17.1. The van der Waals surface area contributed by atoms with Crippen LogP contribution in [0.5, 0.6) is 0 Å². The van der Waals surface area contributed by atoms with Gasteiger partial charge in [-0.1, -0.05) is 6.07 Å². The van der Waals surface area contributed by atoms with Crippen LogP contribution in [0.4, 0.5) is 15.9 Å². The molecule has 3 aromatic rings. The number of halogens is 1. The maximum Gasteiger partial charge on any atom is 0.143 e. The number of aromatic nitrogens is 2. The summed E-state index contributed by atoms with van der Waals surface area (Å²) in [7, 11) is 0. The highest BCUT2D eigenvalue weighted by Gasteiger charge is 2.11. The number of hydrogen-bond donors (Lipinski definition) is 2. The first-order chi connectivity index (χ1) is 11.6. The number of nitriles is 1. The molecule has 0 aliphatic heterocycles. The fourth-order valence-electron chi connectivity index (χ4n) is 2.48. The maximum absolute atomic E-state index is 13.6. The van der Waals surface area contributed by atoms with Crippen LogP contribution in [0.25, 0.3) is 10.2 Å². The second-order valence-electron chi connectivity index (χ2n) is 5.31. The topological polar surface area (TPSA) is 73.6 Å². The Labute approximate surface area is 143 Å². The van der Waals surface area contributed by atoms with E-state index in [9.17, 15) is 4.39 Å². The predicted octanol–water partition coefficient (Wildman–Crippen LogP) is 3.84. The Balaban J connectivity index is 1.68. The molecule has 2 N–H and O–H groups in total. The zero-order valence-electron chi connectivity index (χ0n) is 13.4. The Morgan fingerprint density at radius 3 is 2.79 bits per heavy atom. The number of nitrogens with one attached hydrogen (secondary N) is 2. The molecule has 5 nitrogen and oxygen atoms in total. The van der Waals surface area contributed by atoms with Crippen molar-refractivity contribution in [3.63, 3.8) is 0 Å². The summed E-state index contributed by atoms with van der Waals surface area (Å²) in [5, 5.41) is 16.4. The van der Waals surface area contributed by atoms with Crippen molar-refractivity contribution in [2.45, 2.75) is 13.8 Å². The number of hydrogen-bond acceptors (Lipinski definition) is 6. The van der Waals surface area contributed by atoms with Gasteiger partial charge in [-0.15, -0.1) is 11.3 Å². The van der Waals surface area contributed by atoms with Crippen LogP contribution in [0.15, 0.2) is 24.5 Å². The molecule has 0 aliphatic carbocycles. The summed E-state index contributed by atoms with van der Waals surface area (Å²) in [6, 6.07) is 6.43. The van der Waals surface area contributed by atoms with Crippen LogP contribution in [0, 0.1) is 31.0 Å². The van der Waals surface area contributed by atoms with Gasteiger partial charge in [-0.25, -0.2) is 14.4 Å². The molecule has 122 valence electrons. The summed E-state index contributed by atoms with van der Waals surface area (Å²) >= 11 is 1.65. The third-order valence-corrected chi connectivity index (χ3v) is 4.94. The maximum atomic E-state index is 13.6. The van der Waals surface area contributed by atoms with Crippen molar-refractivity contribution >= 4 is 33.1 Å². The van der Waals surface area contributed by atoms with Crippen LogP contribution >= 0.6 is 11.3 Å². The molecule has 0 aliphatic rings. The van der Waals surface area contributed by atoms with Crippen molar-refractivity contribution in [3.05, 3.63) is 46.3 Å². The lowest BCUT2D eigenvalue weighted by atomic mass is 10.2. The molecule has 0 saturated heterocycles. The Hall–Kier alpha value is -2.72. The Morgan fingerprint density at radius 1 is 1.21 bits per heavy atom. The molecule has 24 heavy (non-hydrogen) atoms. The van der Waals surface area contributed by atoms with Crippen molar-refractivity contribution in [1.29, 1.82) is 5.26 Å². The first-order valence-electron chi connectivity index (χ1n) is 7.49. The lowest BCUT2D eigenvalue weighted by molar-refractivity contribution is 0.624. The average molecular weight is 341 g/mol. The minimum Gasteiger partial charge on any atom is -0.382 e. The normalized spacial score (nSPS) is 10.6. The number of anilines is 2. The predicted molar refractivity (Wildman–Crippen MR) is 95.0 cm³/mol. The summed E-state index contributed by atoms with van der Waals surface area (Å²) in [5.41, 5.74) is 1.71. The molecular formula is C17H16FN5S. The van der Waals surface area contributed by atoms with E-state index in [-0.39, 0.29) is 5.56 Å². The number of rotatable bonds is 5. The summed E-state index contributed by atoms with van der Waals surface area (Å²) in [6.07, 6.45) is 1.55. The lowest BCUT2D eigenvalue weighted by Crippen LogP contribution is -2.15. The molecule has 0 amide bonds. The fourth-order valence-corrected chi connectivity index (χ4v) is 3.48. The van der Waals surface area contributed by atoms with Gasteiger partial charge >= 0.3 is 0 Å². The van der Waals surface area contributed by atoms with E-state index in [1.165, 1.54) is 16.5 Å². The molecule has 0 saturated carbocycles. The molecule has 1 aromatic carbocycles. The average Bonchev–Trinajstić information content (AvgIpc) is 2.87. The Kier molecular flexibility index (Phi) is 4.58. The van der Waals surface area contributed by atoms with Crippen LogP contribution < -0.4 is 10.6 Å². The van der Waals surface area contributed by atoms with Crippen molar-refractivity contribution in [3.8, 4) is 6.07 Å². The van der Waals surface area contributed by atoms with E-state index in [1.807, 2.05) is 6.07 Å². The van der Waals surface area contributed by atoms with E-state index < -0.39 is 5.82 Å². The standard InChI is InChI=1S/C17H16FN5S/c1-10-11(2)24-17-15(10)16(22-9-23-17)21-7-6-20-14-5-3-4-13(18)12(14)8-19/h3-5,9,20H,6-7H2,1-2H3,(H,21,22,23). The molecule has 0 unspecified atom stereocenters. The van der Waals surface area contributed by atoms with E-state index in [2.05, 4.69) is 34.4 Å². The molecule has 0 atom stereocenters. The van der Waals surface area contributed by atoms with Crippen molar-refractivity contribution in [2.75, 3.05) is 23.7 Å². The molecule has 0 bridgehead atoms. The summed E-state index contributed by atoms with van der Waals surface area (Å²) in [5.74, 6) is 0.278. The van der Waals surface area contributed by atoms with E-state index in [1.54, 1.807) is 29.8 Å². The van der Waals surface area contributed by atoms with Gasteiger partial charge in [0.15, 0.2) is 0 Å².